The van der Waals surface area contributed by atoms with Crippen LogP contribution in [0.3, 0.4) is 0 Å². The number of carbonyl (C=O) groups is 1. The molecule has 4 nitrogen and oxygen atoms in total. The highest BCUT2D eigenvalue weighted by atomic mass is 19.1. The van der Waals surface area contributed by atoms with Crippen molar-refractivity contribution in [1.29, 1.82) is 0 Å². The van der Waals surface area contributed by atoms with E-state index in [-0.39, 0.29) is 17.9 Å². The van der Waals surface area contributed by atoms with Gasteiger partial charge in [0.25, 0.3) is 6.47 Å². The molecule has 0 spiro atoms. The van der Waals surface area contributed by atoms with E-state index in [1.165, 1.54) is 0 Å². The van der Waals surface area contributed by atoms with Crippen LogP contribution in [-0.4, -0.2) is 11.5 Å². The van der Waals surface area contributed by atoms with Crippen LogP contribution in [0.5, 0.6) is 5.75 Å². The molecule has 1 rings (SSSR count). The van der Waals surface area contributed by atoms with Gasteiger partial charge in [0, 0.05) is 6.07 Å². The molecule has 0 aromatic carbocycles. The maximum absolute atomic E-state index is 12.3. The lowest BCUT2D eigenvalue weighted by molar-refractivity contribution is -0.120. The van der Waals surface area contributed by atoms with Crippen molar-refractivity contribution in [3.8, 4) is 5.75 Å². The van der Waals surface area contributed by atoms with Gasteiger partial charge in [0.2, 0.25) is 5.95 Å². The minimum atomic E-state index is -0.740. The van der Waals surface area contributed by atoms with Crippen LogP contribution in [0, 0.1) is 5.95 Å². The minimum absolute atomic E-state index is 0.0208. The number of carbonyl (C=O) groups excluding carboxylic acids is 1. The lowest BCUT2D eigenvalue weighted by Gasteiger charge is -1.99. The van der Waals surface area contributed by atoms with Gasteiger partial charge in [-0.05, 0) is 0 Å². The first-order valence-electron chi connectivity index (χ1n) is 2.75. The zero-order valence-electron chi connectivity index (χ0n) is 5.45. The number of nitrogens with zero attached hydrogens (tertiary/aromatic N) is 1. The summed E-state index contributed by atoms with van der Waals surface area (Å²) in [4.78, 5) is 13.1. The van der Waals surface area contributed by atoms with E-state index in [9.17, 15) is 9.18 Å². The second kappa shape index (κ2) is 2.96. The maximum Gasteiger partial charge on any atom is 0.298 e. The van der Waals surface area contributed by atoms with E-state index < -0.39 is 5.95 Å². The van der Waals surface area contributed by atoms with Crippen LogP contribution >= 0.6 is 0 Å². The van der Waals surface area contributed by atoms with Crippen LogP contribution in [0.15, 0.2) is 12.3 Å². The Labute approximate surface area is 61.8 Å². The van der Waals surface area contributed by atoms with E-state index in [4.69, 9.17) is 5.73 Å². The van der Waals surface area contributed by atoms with E-state index in [1.54, 1.807) is 0 Å². The summed E-state index contributed by atoms with van der Waals surface area (Å²) in [6.45, 7) is 0.172. The first-order chi connectivity index (χ1) is 5.24. The first kappa shape index (κ1) is 7.46. The molecule has 0 bridgehead atoms. The maximum atomic E-state index is 12.3. The summed E-state index contributed by atoms with van der Waals surface area (Å²) in [7, 11) is 0. The fourth-order valence-electron chi connectivity index (χ4n) is 0.578. The number of pyridine rings is 1. The highest BCUT2D eigenvalue weighted by molar-refractivity contribution is 5.56. The fraction of sp³-hybridized carbons (Fsp3) is 0. The molecule has 0 amide bonds. The van der Waals surface area contributed by atoms with E-state index in [0.717, 1.165) is 12.3 Å². The van der Waals surface area contributed by atoms with E-state index >= 15 is 0 Å². The van der Waals surface area contributed by atoms with Gasteiger partial charge in [0.1, 0.15) is 0 Å². The van der Waals surface area contributed by atoms with Crippen molar-refractivity contribution in [2.24, 2.45) is 0 Å². The smallest absolute Gasteiger partial charge is 0.298 e. The Morgan fingerprint density at radius 2 is 2.45 bits per heavy atom. The molecule has 2 N–H and O–H groups in total. The molecule has 1 heterocycles. The summed E-state index contributed by atoms with van der Waals surface area (Å²) in [5.74, 6) is -0.761. The molecule has 1 aromatic rings. The van der Waals surface area contributed by atoms with Crippen LogP contribution in [0.2, 0.25) is 0 Å². The topological polar surface area (TPSA) is 65.2 Å². The second-order valence-electron chi connectivity index (χ2n) is 1.76. The van der Waals surface area contributed by atoms with Gasteiger partial charge in [0.05, 0.1) is 11.9 Å². The molecule has 5 heteroatoms. The van der Waals surface area contributed by atoms with Gasteiger partial charge < -0.3 is 10.5 Å². The Bertz CT molecular complexity index is 277. The number of hydrogen-bond donors (Lipinski definition) is 1. The van der Waals surface area contributed by atoms with Gasteiger partial charge in [-0.3, -0.25) is 4.79 Å². The Kier molecular flexibility index (Phi) is 2.00. The summed E-state index contributed by atoms with van der Waals surface area (Å²) in [6.07, 6.45) is 1.08. The molecule has 0 unspecified atom stereocenters. The van der Waals surface area contributed by atoms with Crippen molar-refractivity contribution in [3.05, 3.63) is 18.2 Å². The van der Waals surface area contributed by atoms with Crippen molar-refractivity contribution in [1.82, 2.24) is 4.98 Å². The number of hydrogen-bond acceptors (Lipinski definition) is 4. The highest BCUT2D eigenvalue weighted by Crippen LogP contribution is 2.18. The first-order valence-corrected chi connectivity index (χ1v) is 2.75. The number of anilines is 1. The monoisotopic (exact) mass is 156 g/mol. The van der Waals surface area contributed by atoms with Gasteiger partial charge in [0.15, 0.2) is 5.75 Å². The van der Waals surface area contributed by atoms with E-state index in [0.29, 0.717) is 0 Å². The molecule has 0 aliphatic rings. The van der Waals surface area contributed by atoms with Gasteiger partial charge in [-0.1, -0.05) is 0 Å². The number of nitrogen functional groups attached to an aromatic ring is 1. The molecule has 0 saturated carbocycles. The van der Waals surface area contributed by atoms with Gasteiger partial charge >= 0.3 is 0 Å². The second-order valence-corrected chi connectivity index (χ2v) is 1.76. The summed E-state index contributed by atoms with van der Waals surface area (Å²) in [5, 5.41) is 0. The molecule has 1 aromatic heterocycles. The summed E-state index contributed by atoms with van der Waals surface area (Å²) in [6, 6.07) is 0.934. The fourth-order valence-corrected chi connectivity index (χ4v) is 0.578. The van der Waals surface area contributed by atoms with Crippen molar-refractivity contribution >= 4 is 12.2 Å². The third-order valence-corrected chi connectivity index (χ3v) is 1.04. The van der Waals surface area contributed by atoms with E-state index in [2.05, 4.69) is 9.72 Å². The minimum Gasteiger partial charge on any atom is -0.426 e. The molecule has 11 heavy (non-hydrogen) atoms. The van der Waals surface area contributed by atoms with Crippen LogP contribution in [0.1, 0.15) is 0 Å². The highest BCUT2D eigenvalue weighted by Gasteiger charge is 2.01. The predicted molar refractivity (Wildman–Crippen MR) is 35.3 cm³/mol. The third-order valence-electron chi connectivity index (χ3n) is 1.04. The largest absolute Gasteiger partial charge is 0.426 e. The average molecular weight is 156 g/mol. The number of ether oxygens (including phenoxy) is 1. The predicted octanol–water partition coefficient (Wildman–Crippen LogP) is 0.338. The normalized spacial score (nSPS) is 9.18. The third kappa shape index (κ3) is 1.64. The van der Waals surface area contributed by atoms with E-state index in [1.807, 2.05) is 0 Å². The standard InChI is InChI=1S/C6H5FN2O2/c7-6-1-5(11-3-10)4(8)2-9-6/h1-3H,8H2. The quantitative estimate of drug-likeness (QED) is 0.495. The van der Waals surface area contributed by atoms with Gasteiger partial charge in [-0.2, -0.15) is 4.39 Å². The SMILES string of the molecule is Nc1cnc(F)cc1OC=O. The summed E-state index contributed by atoms with van der Waals surface area (Å²) < 4.78 is 16.6. The molecule has 0 aliphatic heterocycles. The average Bonchev–Trinajstić information content (AvgIpc) is 1.98. The molecule has 0 atom stereocenters. The van der Waals surface area contributed by atoms with Crippen LogP contribution in [0.4, 0.5) is 10.1 Å². The zero-order valence-corrected chi connectivity index (χ0v) is 5.45. The van der Waals surface area contributed by atoms with Crippen molar-refractivity contribution in [2.75, 3.05) is 5.73 Å². The Hall–Kier alpha value is -1.65. The number of aromatic nitrogens is 1. The van der Waals surface area contributed by atoms with Crippen molar-refractivity contribution in [2.45, 2.75) is 0 Å². The Morgan fingerprint density at radius 3 is 3.09 bits per heavy atom. The lowest BCUT2D eigenvalue weighted by Crippen LogP contribution is -1.97. The molecular weight excluding hydrogens is 151 g/mol. The number of halogens is 1. The van der Waals surface area contributed by atoms with Crippen molar-refractivity contribution in [3.63, 3.8) is 0 Å². The van der Waals surface area contributed by atoms with Crippen molar-refractivity contribution < 1.29 is 13.9 Å². The van der Waals surface area contributed by atoms with Crippen LogP contribution < -0.4 is 10.5 Å². The molecular formula is C6H5FN2O2. The Morgan fingerprint density at radius 1 is 1.73 bits per heavy atom. The number of nitrogens with two attached hydrogens (primary N) is 1. The molecule has 0 radical (unpaired) electrons. The lowest BCUT2D eigenvalue weighted by atomic mass is 10.4. The van der Waals surface area contributed by atoms with Crippen LogP contribution in [0.25, 0.3) is 0 Å². The summed E-state index contributed by atoms with van der Waals surface area (Å²) >= 11 is 0. The van der Waals surface area contributed by atoms with Gasteiger partial charge in [-0.15, -0.1) is 0 Å². The Balaban J connectivity index is 3.01. The van der Waals surface area contributed by atoms with Crippen LogP contribution in [-0.2, 0) is 4.79 Å². The molecule has 0 fully saturated rings. The molecule has 58 valence electrons. The number of rotatable bonds is 2. The zero-order chi connectivity index (χ0) is 8.27. The molecule has 0 saturated heterocycles. The van der Waals surface area contributed by atoms with Gasteiger partial charge in [-0.25, -0.2) is 4.98 Å². The summed E-state index contributed by atoms with van der Waals surface area (Å²) in [5.41, 5.74) is 5.39. The molecule has 0 aliphatic carbocycles.